The Bertz CT molecular complexity index is 203. The van der Waals surface area contributed by atoms with Crippen LogP contribution >= 0.6 is 0 Å². The van der Waals surface area contributed by atoms with Crippen molar-refractivity contribution in [2.24, 2.45) is 17.1 Å². The normalized spacial score (nSPS) is 31.7. The van der Waals surface area contributed by atoms with Gasteiger partial charge in [0.2, 0.25) is 0 Å². The zero-order valence-corrected chi connectivity index (χ0v) is 11.3. The maximum atomic E-state index is 10.8. The molecule has 0 radical (unpaired) electrons. The minimum absolute atomic E-state index is 0.0117. The minimum atomic E-state index is -0.541. The van der Waals surface area contributed by atoms with Crippen LogP contribution in [0.15, 0.2) is 0 Å². The van der Waals surface area contributed by atoms with Gasteiger partial charge in [-0.1, -0.05) is 27.2 Å². The fourth-order valence-corrected chi connectivity index (χ4v) is 3.50. The van der Waals surface area contributed by atoms with Crippen LogP contribution in [-0.2, 0) is 0 Å². The Hall–Kier alpha value is -0.0800. The van der Waals surface area contributed by atoms with E-state index in [2.05, 4.69) is 20.8 Å². The van der Waals surface area contributed by atoms with Crippen LogP contribution in [0.2, 0.25) is 0 Å². The van der Waals surface area contributed by atoms with Crippen LogP contribution in [0.1, 0.15) is 65.7 Å². The van der Waals surface area contributed by atoms with Crippen molar-refractivity contribution < 1.29 is 5.11 Å². The Balaban J connectivity index is 2.79. The first-order valence-corrected chi connectivity index (χ1v) is 7.00. The molecule has 0 aromatic carbocycles. The quantitative estimate of drug-likeness (QED) is 0.758. The van der Waals surface area contributed by atoms with Crippen LogP contribution in [0.4, 0.5) is 0 Å². The Morgan fingerprint density at radius 1 is 1.19 bits per heavy atom. The molecule has 0 aliphatic heterocycles. The average Bonchev–Trinajstić information content (AvgIpc) is 2.37. The largest absolute Gasteiger partial charge is 0.389 e. The lowest BCUT2D eigenvalue weighted by Crippen LogP contribution is -2.53. The van der Waals surface area contributed by atoms with Crippen molar-refractivity contribution in [2.45, 2.75) is 71.3 Å². The highest BCUT2D eigenvalue weighted by Crippen LogP contribution is 2.49. The molecule has 2 nitrogen and oxygen atoms in total. The topological polar surface area (TPSA) is 46.2 Å². The van der Waals surface area contributed by atoms with E-state index in [1.54, 1.807) is 0 Å². The van der Waals surface area contributed by atoms with Gasteiger partial charge in [0.15, 0.2) is 0 Å². The van der Waals surface area contributed by atoms with Gasteiger partial charge in [-0.3, -0.25) is 0 Å². The fraction of sp³-hybridized carbons (Fsp3) is 1.00. The van der Waals surface area contributed by atoms with Gasteiger partial charge < -0.3 is 10.8 Å². The maximum absolute atomic E-state index is 10.8. The second-order valence-electron chi connectivity index (χ2n) is 5.57. The Labute approximate surface area is 101 Å². The average molecular weight is 227 g/mol. The van der Waals surface area contributed by atoms with Crippen LogP contribution in [0, 0.1) is 11.3 Å². The number of hydrogen-bond donors (Lipinski definition) is 2. The van der Waals surface area contributed by atoms with Gasteiger partial charge in [-0.05, 0) is 44.4 Å². The summed E-state index contributed by atoms with van der Waals surface area (Å²) in [4.78, 5) is 0. The Morgan fingerprint density at radius 2 is 1.69 bits per heavy atom. The lowest BCUT2D eigenvalue weighted by Gasteiger charge is -2.50. The van der Waals surface area contributed by atoms with Crippen molar-refractivity contribution in [3.05, 3.63) is 0 Å². The predicted octanol–water partition coefficient (Wildman–Crippen LogP) is 3.08. The van der Waals surface area contributed by atoms with Gasteiger partial charge in [0.05, 0.1) is 5.60 Å². The van der Waals surface area contributed by atoms with Crippen molar-refractivity contribution in [1.29, 1.82) is 0 Å². The van der Waals surface area contributed by atoms with E-state index in [1.807, 2.05) is 0 Å². The van der Waals surface area contributed by atoms with Crippen molar-refractivity contribution in [3.63, 3.8) is 0 Å². The van der Waals surface area contributed by atoms with E-state index >= 15 is 0 Å². The summed E-state index contributed by atoms with van der Waals surface area (Å²) in [6.07, 6.45) is 7.65. The molecule has 0 bridgehead atoms. The summed E-state index contributed by atoms with van der Waals surface area (Å²) in [7, 11) is 0. The predicted molar refractivity (Wildman–Crippen MR) is 69.3 cm³/mol. The minimum Gasteiger partial charge on any atom is -0.389 e. The summed E-state index contributed by atoms with van der Waals surface area (Å²) in [5.74, 6) is 0.859. The summed E-state index contributed by atoms with van der Waals surface area (Å²) < 4.78 is 0. The third kappa shape index (κ3) is 2.28. The molecule has 1 fully saturated rings. The molecule has 0 saturated heterocycles. The number of aliphatic hydroxyl groups is 1. The van der Waals surface area contributed by atoms with E-state index in [9.17, 15) is 5.11 Å². The molecule has 0 aromatic heterocycles. The second kappa shape index (κ2) is 5.50. The van der Waals surface area contributed by atoms with E-state index in [0.29, 0.717) is 6.54 Å². The van der Waals surface area contributed by atoms with Gasteiger partial charge >= 0.3 is 0 Å². The van der Waals surface area contributed by atoms with E-state index in [-0.39, 0.29) is 5.41 Å². The molecule has 3 N–H and O–H groups in total. The van der Waals surface area contributed by atoms with Crippen LogP contribution in [0.5, 0.6) is 0 Å². The smallest absolute Gasteiger partial charge is 0.0710 e. The Morgan fingerprint density at radius 3 is 2.00 bits per heavy atom. The molecule has 0 heterocycles. The highest BCUT2D eigenvalue weighted by atomic mass is 16.3. The van der Waals surface area contributed by atoms with Crippen LogP contribution < -0.4 is 5.73 Å². The summed E-state index contributed by atoms with van der Waals surface area (Å²) in [6, 6.07) is 0. The van der Waals surface area contributed by atoms with Gasteiger partial charge in [0.25, 0.3) is 0 Å². The van der Waals surface area contributed by atoms with E-state index in [0.717, 1.165) is 31.6 Å². The van der Waals surface area contributed by atoms with Gasteiger partial charge in [-0.2, -0.15) is 0 Å². The second-order valence-corrected chi connectivity index (χ2v) is 5.57. The number of rotatable bonds is 5. The molecular weight excluding hydrogens is 198 g/mol. The molecule has 96 valence electrons. The maximum Gasteiger partial charge on any atom is 0.0710 e. The molecule has 2 heteroatoms. The van der Waals surface area contributed by atoms with Crippen molar-refractivity contribution >= 4 is 0 Å². The first-order chi connectivity index (χ1) is 7.57. The zero-order valence-electron chi connectivity index (χ0n) is 11.3. The molecule has 1 aliphatic carbocycles. The van der Waals surface area contributed by atoms with Crippen LogP contribution in [0.25, 0.3) is 0 Å². The SMILES string of the molecule is CCC1CCC(CN)(C(O)(CC)CC)CC1. The van der Waals surface area contributed by atoms with E-state index in [1.165, 1.54) is 19.3 Å². The summed E-state index contributed by atoms with van der Waals surface area (Å²) >= 11 is 0. The van der Waals surface area contributed by atoms with Gasteiger partial charge in [0.1, 0.15) is 0 Å². The molecule has 16 heavy (non-hydrogen) atoms. The summed E-state index contributed by atoms with van der Waals surface area (Å²) in [5, 5.41) is 10.8. The molecule has 0 spiro atoms. The highest BCUT2D eigenvalue weighted by molar-refractivity contribution is 5.00. The number of hydrogen-bond acceptors (Lipinski definition) is 2. The molecular formula is C14H29NO. The molecule has 0 aromatic rings. The van der Waals surface area contributed by atoms with Crippen molar-refractivity contribution in [1.82, 2.24) is 0 Å². The van der Waals surface area contributed by atoms with Gasteiger partial charge in [0, 0.05) is 12.0 Å². The fourth-order valence-electron chi connectivity index (χ4n) is 3.50. The van der Waals surface area contributed by atoms with Gasteiger partial charge in [-0.15, -0.1) is 0 Å². The third-order valence-electron chi connectivity index (χ3n) is 5.19. The van der Waals surface area contributed by atoms with Crippen molar-refractivity contribution in [2.75, 3.05) is 6.54 Å². The van der Waals surface area contributed by atoms with Crippen LogP contribution in [-0.4, -0.2) is 17.3 Å². The molecule has 0 amide bonds. The molecule has 1 saturated carbocycles. The number of nitrogens with two attached hydrogens (primary N) is 1. The van der Waals surface area contributed by atoms with E-state index in [4.69, 9.17) is 5.73 Å². The summed E-state index contributed by atoms with van der Waals surface area (Å²) in [6.45, 7) is 7.09. The van der Waals surface area contributed by atoms with E-state index < -0.39 is 5.60 Å². The monoisotopic (exact) mass is 227 g/mol. The zero-order chi connectivity index (χ0) is 12.2. The standard InChI is InChI=1S/C14H29NO/c1-4-12-7-9-13(11-15,10-8-12)14(16,5-2)6-3/h12,16H,4-11,15H2,1-3H3. The molecule has 0 unspecified atom stereocenters. The lowest BCUT2D eigenvalue weighted by molar-refractivity contribution is -0.110. The Kier molecular flexibility index (Phi) is 4.81. The lowest BCUT2D eigenvalue weighted by atomic mass is 9.59. The summed E-state index contributed by atoms with van der Waals surface area (Å²) in [5.41, 5.74) is 5.45. The van der Waals surface area contributed by atoms with Crippen molar-refractivity contribution in [3.8, 4) is 0 Å². The molecule has 0 atom stereocenters. The first-order valence-electron chi connectivity index (χ1n) is 7.00. The molecule has 1 rings (SSSR count). The molecule has 1 aliphatic rings. The van der Waals surface area contributed by atoms with Crippen LogP contribution in [0.3, 0.4) is 0 Å². The third-order valence-corrected chi connectivity index (χ3v) is 5.19. The highest BCUT2D eigenvalue weighted by Gasteiger charge is 2.48. The van der Waals surface area contributed by atoms with Gasteiger partial charge in [-0.25, -0.2) is 0 Å². The first kappa shape index (κ1) is 14.0.